The van der Waals surface area contributed by atoms with E-state index in [1.54, 1.807) is 48.5 Å². The molecule has 2 aromatic rings. The number of benzene rings is 2. The molecule has 0 radical (unpaired) electrons. The first kappa shape index (κ1) is 19.0. The highest BCUT2D eigenvalue weighted by Gasteiger charge is 2.26. The Balaban J connectivity index is 2.15. The molecule has 0 spiro atoms. The molecule has 0 aliphatic rings. The van der Waals surface area contributed by atoms with Crippen molar-refractivity contribution in [3.8, 4) is 11.8 Å². The summed E-state index contributed by atoms with van der Waals surface area (Å²) >= 11 is 0. The second-order valence-electron chi connectivity index (χ2n) is 5.48. The SMILES string of the molecule is COc1ccccc1C(=O)OC(C)C(=O)N(CCC#N)c1ccccc1. The molecule has 0 aliphatic heterocycles. The first-order chi connectivity index (χ1) is 12.6. The van der Waals surface area contributed by atoms with Gasteiger partial charge in [0, 0.05) is 12.2 Å². The number of amides is 1. The van der Waals surface area contributed by atoms with Crippen molar-refractivity contribution >= 4 is 17.6 Å². The van der Waals surface area contributed by atoms with E-state index in [1.807, 2.05) is 12.1 Å². The smallest absolute Gasteiger partial charge is 0.342 e. The van der Waals surface area contributed by atoms with E-state index in [0.717, 1.165) is 0 Å². The Morgan fingerprint density at radius 3 is 2.42 bits per heavy atom. The zero-order valence-electron chi connectivity index (χ0n) is 14.7. The number of carbonyl (C=O) groups excluding carboxylic acids is 2. The third-order valence-electron chi connectivity index (χ3n) is 3.74. The van der Waals surface area contributed by atoms with Gasteiger partial charge in [-0.2, -0.15) is 5.26 Å². The first-order valence-corrected chi connectivity index (χ1v) is 8.16. The van der Waals surface area contributed by atoms with Gasteiger partial charge in [-0.05, 0) is 31.2 Å². The maximum atomic E-state index is 12.8. The van der Waals surface area contributed by atoms with E-state index in [4.69, 9.17) is 14.7 Å². The molecule has 1 amide bonds. The lowest BCUT2D eigenvalue weighted by molar-refractivity contribution is -0.126. The summed E-state index contributed by atoms with van der Waals surface area (Å²) in [4.78, 5) is 26.6. The molecular formula is C20H20N2O4. The van der Waals surface area contributed by atoms with Crippen molar-refractivity contribution in [1.29, 1.82) is 5.26 Å². The van der Waals surface area contributed by atoms with Crippen LogP contribution < -0.4 is 9.64 Å². The first-order valence-electron chi connectivity index (χ1n) is 8.16. The van der Waals surface area contributed by atoms with Gasteiger partial charge >= 0.3 is 5.97 Å². The van der Waals surface area contributed by atoms with Crippen LogP contribution in [0.15, 0.2) is 54.6 Å². The van der Waals surface area contributed by atoms with Crippen LogP contribution >= 0.6 is 0 Å². The van der Waals surface area contributed by atoms with E-state index in [9.17, 15) is 9.59 Å². The lowest BCUT2D eigenvalue weighted by Crippen LogP contribution is -2.40. The third kappa shape index (κ3) is 4.61. The number of hydrogen-bond donors (Lipinski definition) is 0. The molecule has 0 saturated carbocycles. The fraction of sp³-hybridized carbons (Fsp3) is 0.250. The van der Waals surface area contributed by atoms with Gasteiger partial charge in [-0.15, -0.1) is 0 Å². The van der Waals surface area contributed by atoms with Gasteiger partial charge in [0.05, 0.1) is 19.6 Å². The molecule has 0 bridgehead atoms. The van der Waals surface area contributed by atoms with Gasteiger partial charge in [-0.3, -0.25) is 4.79 Å². The standard InChI is InChI=1S/C20H20N2O4/c1-15(26-20(24)17-11-6-7-12-18(17)25-2)19(23)22(14-8-13-21)16-9-4-3-5-10-16/h3-7,9-12,15H,8,14H2,1-2H3. The summed E-state index contributed by atoms with van der Waals surface area (Å²) in [5, 5.41) is 8.85. The highest BCUT2D eigenvalue weighted by atomic mass is 16.5. The molecule has 0 N–H and O–H groups in total. The van der Waals surface area contributed by atoms with E-state index in [1.165, 1.54) is 18.9 Å². The van der Waals surface area contributed by atoms with Crippen LogP contribution in [-0.4, -0.2) is 31.6 Å². The van der Waals surface area contributed by atoms with E-state index in [-0.39, 0.29) is 18.5 Å². The van der Waals surface area contributed by atoms with Crippen LogP contribution in [0.25, 0.3) is 0 Å². The van der Waals surface area contributed by atoms with Gasteiger partial charge < -0.3 is 14.4 Å². The number of para-hydroxylation sites is 2. The molecule has 1 atom stereocenters. The topological polar surface area (TPSA) is 79.6 Å². The summed E-state index contributed by atoms with van der Waals surface area (Å²) in [6.45, 7) is 1.73. The highest BCUT2D eigenvalue weighted by Crippen LogP contribution is 2.20. The summed E-state index contributed by atoms with van der Waals surface area (Å²) in [5.41, 5.74) is 0.894. The number of hydrogen-bond acceptors (Lipinski definition) is 5. The highest BCUT2D eigenvalue weighted by molar-refractivity contribution is 5.99. The van der Waals surface area contributed by atoms with Crippen molar-refractivity contribution in [2.75, 3.05) is 18.6 Å². The number of rotatable bonds is 7. The van der Waals surface area contributed by atoms with Gasteiger partial charge in [0.2, 0.25) is 0 Å². The molecular weight excluding hydrogens is 332 g/mol. The summed E-state index contributed by atoms with van der Waals surface area (Å²) in [5.74, 6) is -0.659. The molecule has 0 heterocycles. The molecule has 0 fully saturated rings. The largest absolute Gasteiger partial charge is 0.496 e. The number of esters is 1. The van der Waals surface area contributed by atoms with Crippen molar-refractivity contribution in [2.45, 2.75) is 19.4 Å². The molecule has 2 rings (SSSR count). The van der Waals surface area contributed by atoms with Gasteiger partial charge in [0.1, 0.15) is 11.3 Å². The summed E-state index contributed by atoms with van der Waals surface area (Å²) in [7, 11) is 1.46. The van der Waals surface area contributed by atoms with Crippen molar-refractivity contribution in [2.24, 2.45) is 0 Å². The van der Waals surface area contributed by atoms with Crippen molar-refractivity contribution in [3.63, 3.8) is 0 Å². The predicted octanol–water partition coefficient (Wildman–Crippen LogP) is 3.19. The average molecular weight is 352 g/mol. The summed E-state index contributed by atoms with van der Waals surface area (Å²) in [6, 6.07) is 17.6. The minimum absolute atomic E-state index is 0.174. The van der Waals surface area contributed by atoms with E-state index >= 15 is 0 Å². The Labute approximate surface area is 152 Å². The van der Waals surface area contributed by atoms with Gasteiger partial charge in [0.25, 0.3) is 5.91 Å². The van der Waals surface area contributed by atoms with Crippen LogP contribution in [0.3, 0.4) is 0 Å². The minimum atomic E-state index is -1.01. The van der Waals surface area contributed by atoms with E-state index < -0.39 is 18.0 Å². The lowest BCUT2D eigenvalue weighted by atomic mass is 10.2. The molecule has 6 heteroatoms. The zero-order valence-corrected chi connectivity index (χ0v) is 14.7. The predicted molar refractivity (Wildman–Crippen MR) is 96.9 cm³/mol. The lowest BCUT2D eigenvalue weighted by Gasteiger charge is -2.25. The third-order valence-corrected chi connectivity index (χ3v) is 3.74. The zero-order chi connectivity index (χ0) is 18.9. The van der Waals surface area contributed by atoms with E-state index in [2.05, 4.69) is 0 Å². The molecule has 6 nitrogen and oxygen atoms in total. The number of nitriles is 1. The molecule has 134 valence electrons. The second-order valence-corrected chi connectivity index (χ2v) is 5.48. The van der Waals surface area contributed by atoms with Crippen LogP contribution in [0.4, 0.5) is 5.69 Å². The fourth-order valence-electron chi connectivity index (χ4n) is 2.44. The number of anilines is 1. The Hall–Kier alpha value is -3.33. The monoisotopic (exact) mass is 352 g/mol. The Morgan fingerprint density at radius 1 is 1.12 bits per heavy atom. The number of carbonyl (C=O) groups is 2. The van der Waals surface area contributed by atoms with Crippen LogP contribution in [0, 0.1) is 11.3 Å². The van der Waals surface area contributed by atoms with Crippen molar-refractivity contribution in [1.82, 2.24) is 0 Å². The maximum Gasteiger partial charge on any atom is 0.342 e. The summed E-state index contributed by atoms with van der Waals surface area (Å²) in [6.07, 6.45) is -0.834. The van der Waals surface area contributed by atoms with Crippen LogP contribution in [0.1, 0.15) is 23.7 Å². The van der Waals surface area contributed by atoms with Gasteiger partial charge in [-0.25, -0.2) is 4.79 Å². The van der Waals surface area contributed by atoms with Crippen molar-refractivity contribution in [3.05, 3.63) is 60.2 Å². The van der Waals surface area contributed by atoms with Crippen molar-refractivity contribution < 1.29 is 19.1 Å². The number of nitrogens with zero attached hydrogens (tertiary/aromatic N) is 2. The van der Waals surface area contributed by atoms with Crippen LogP contribution in [0.2, 0.25) is 0 Å². The fourth-order valence-corrected chi connectivity index (χ4v) is 2.44. The van der Waals surface area contributed by atoms with E-state index in [0.29, 0.717) is 11.4 Å². The average Bonchev–Trinajstić information content (AvgIpc) is 2.68. The number of ether oxygens (including phenoxy) is 2. The normalized spacial score (nSPS) is 11.1. The Kier molecular flexibility index (Phi) is 6.75. The molecule has 0 aliphatic carbocycles. The quantitative estimate of drug-likeness (QED) is 0.715. The molecule has 26 heavy (non-hydrogen) atoms. The molecule has 0 aromatic heterocycles. The number of methoxy groups -OCH3 is 1. The molecule has 1 unspecified atom stereocenters. The Bertz CT molecular complexity index is 799. The van der Waals surface area contributed by atoms with Gasteiger partial charge in [0.15, 0.2) is 6.10 Å². The van der Waals surface area contributed by atoms with Gasteiger partial charge in [-0.1, -0.05) is 30.3 Å². The molecule has 2 aromatic carbocycles. The van der Waals surface area contributed by atoms with Crippen LogP contribution in [0.5, 0.6) is 5.75 Å². The second kappa shape index (κ2) is 9.23. The van der Waals surface area contributed by atoms with Crippen LogP contribution in [-0.2, 0) is 9.53 Å². The molecule has 0 saturated heterocycles. The maximum absolute atomic E-state index is 12.8. The Morgan fingerprint density at radius 2 is 1.77 bits per heavy atom. The minimum Gasteiger partial charge on any atom is -0.496 e. The summed E-state index contributed by atoms with van der Waals surface area (Å²) < 4.78 is 10.5.